The first-order valence-corrected chi connectivity index (χ1v) is 6.49. The van der Waals surface area contributed by atoms with Crippen molar-refractivity contribution < 1.29 is 27.4 Å². The van der Waals surface area contributed by atoms with Crippen LogP contribution in [0.15, 0.2) is 48.5 Å². The monoisotopic (exact) mass is 308 g/mol. The largest absolute Gasteiger partial charge is 0.473 e. The van der Waals surface area contributed by atoms with E-state index in [0.29, 0.717) is 0 Å². The third-order valence-corrected chi connectivity index (χ3v) is 3.37. The molecule has 0 unspecified atom stereocenters. The number of ether oxygens (including phenoxy) is 2. The molecular weight excluding hydrogens is 297 g/mol. The van der Waals surface area contributed by atoms with Gasteiger partial charge in [-0.15, -0.1) is 0 Å². The van der Waals surface area contributed by atoms with Gasteiger partial charge in [0, 0.05) is 5.56 Å². The van der Waals surface area contributed by atoms with Crippen molar-refractivity contribution in [1.29, 1.82) is 0 Å². The number of hydrogen-bond acceptors (Lipinski definition) is 3. The number of alkyl halides is 3. The van der Waals surface area contributed by atoms with Crippen LogP contribution in [-0.2, 0) is 10.5 Å². The number of aryl methyl sites for hydroxylation is 1. The summed E-state index contributed by atoms with van der Waals surface area (Å²) in [5.41, 5.74) is 0.413. The predicted molar refractivity (Wildman–Crippen MR) is 71.4 cm³/mol. The van der Waals surface area contributed by atoms with E-state index in [4.69, 9.17) is 9.47 Å². The van der Waals surface area contributed by atoms with E-state index < -0.39 is 17.9 Å². The fourth-order valence-corrected chi connectivity index (χ4v) is 2.31. The first-order chi connectivity index (χ1) is 10.3. The highest BCUT2D eigenvalue weighted by Gasteiger charge is 2.64. The Morgan fingerprint density at radius 2 is 1.68 bits per heavy atom. The lowest BCUT2D eigenvalue weighted by Crippen LogP contribution is -2.53. The van der Waals surface area contributed by atoms with Gasteiger partial charge in [-0.2, -0.15) is 13.2 Å². The van der Waals surface area contributed by atoms with Gasteiger partial charge in [0.05, 0.1) is 0 Å². The molecule has 0 radical (unpaired) electrons. The number of rotatable bonds is 1. The van der Waals surface area contributed by atoms with Crippen molar-refractivity contribution >= 4 is 5.97 Å². The van der Waals surface area contributed by atoms with Gasteiger partial charge in [0.2, 0.25) is 0 Å². The number of hydrogen-bond donors (Lipinski definition) is 0. The SMILES string of the molecule is Cc1ccc2c(c1)C(=O)O[C@@](c1ccccc1)(C(F)(F)F)O2. The highest BCUT2D eigenvalue weighted by atomic mass is 19.4. The van der Waals surface area contributed by atoms with Gasteiger partial charge >= 0.3 is 17.9 Å². The van der Waals surface area contributed by atoms with Gasteiger partial charge in [-0.3, -0.25) is 0 Å². The van der Waals surface area contributed by atoms with E-state index >= 15 is 0 Å². The maximum Gasteiger partial charge on any atom is 0.473 e. The zero-order chi connectivity index (χ0) is 16.0. The molecule has 0 aliphatic carbocycles. The third-order valence-electron chi connectivity index (χ3n) is 3.37. The lowest BCUT2D eigenvalue weighted by Gasteiger charge is -2.38. The summed E-state index contributed by atoms with van der Waals surface area (Å²) >= 11 is 0. The Bertz CT molecular complexity index is 725. The normalized spacial score (nSPS) is 20.8. The van der Waals surface area contributed by atoms with Crippen LogP contribution in [0, 0.1) is 6.92 Å². The van der Waals surface area contributed by atoms with Crippen LogP contribution in [0.3, 0.4) is 0 Å². The molecule has 0 fully saturated rings. The molecule has 6 heteroatoms. The highest BCUT2D eigenvalue weighted by molar-refractivity contribution is 5.94. The molecule has 2 aromatic carbocycles. The van der Waals surface area contributed by atoms with E-state index in [1.807, 2.05) is 0 Å². The summed E-state index contributed by atoms with van der Waals surface area (Å²) in [5.74, 6) is -4.35. The number of carbonyl (C=O) groups is 1. The number of fused-ring (bicyclic) bond motifs is 1. The smallest absolute Gasteiger partial charge is 0.440 e. The molecule has 0 aromatic heterocycles. The van der Waals surface area contributed by atoms with Gasteiger partial charge in [0.1, 0.15) is 11.3 Å². The van der Waals surface area contributed by atoms with E-state index in [2.05, 4.69) is 0 Å². The average molecular weight is 308 g/mol. The molecule has 1 heterocycles. The minimum Gasteiger partial charge on any atom is -0.440 e. The topological polar surface area (TPSA) is 35.5 Å². The van der Waals surface area contributed by atoms with E-state index in [-0.39, 0.29) is 16.9 Å². The minimum absolute atomic E-state index is 0.0178. The Morgan fingerprint density at radius 1 is 1.00 bits per heavy atom. The summed E-state index contributed by atoms with van der Waals surface area (Å²) in [6, 6.07) is 11.2. The zero-order valence-corrected chi connectivity index (χ0v) is 11.5. The lowest BCUT2D eigenvalue weighted by molar-refractivity contribution is -0.345. The Kier molecular flexibility index (Phi) is 3.12. The molecule has 2 aromatic rings. The van der Waals surface area contributed by atoms with Crippen molar-refractivity contribution in [3.8, 4) is 5.75 Å². The summed E-state index contributed by atoms with van der Waals surface area (Å²) in [6.07, 6.45) is -4.92. The zero-order valence-electron chi connectivity index (χ0n) is 11.5. The van der Waals surface area contributed by atoms with Crippen LogP contribution in [0.5, 0.6) is 5.75 Å². The Morgan fingerprint density at radius 3 is 2.32 bits per heavy atom. The first-order valence-electron chi connectivity index (χ1n) is 6.49. The van der Waals surface area contributed by atoms with Crippen molar-refractivity contribution in [2.45, 2.75) is 18.9 Å². The number of halogens is 3. The van der Waals surface area contributed by atoms with Crippen LogP contribution >= 0.6 is 0 Å². The van der Waals surface area contributed by atoms with Crippen LogP contribution in [0.1, 0.15) is 21.5 Å². The lowest BCUT2D eigenvalue weighted by atomic mass is 10.0. The van der Waals surface area contributed by atoms with Gasteiger partial charge in [-0.05, 0) is 19.1 Å². The van der Waals surface area contributed by atoms with Crippen LogP contribution in [-0.4, -0.2) is 12.1 Å². The maximum atomic E-state index is 13.6. The van der Waals surface area contributed by atoms with Gasteiger partial charge in [0.15, 0.2) is 0 Å². The van der Waals surface area contributed by atoms with E-state index in [9.17, 15) is 18.0 Å². The summed E-state index contributed by atoms with van der Waals surface area (Å²) in [4.78, 5) is 12.1. The number of esters is 1. The van der Waals surface area contributed by atoms with Gasteiger partial charge in [-0.25, -0.2) is 4.79 Å². The van der Waals surface area contributed by atoms with E-state index in [1.165, 1.54) is 36.4 Å². The fraction of sp³-hybridized carbons (Fsp3) is 0.188. The average Bonchev–Trinajstić information content (AvgIpc) is 2.47. The second-order valence-corrected chi connectivity index (χ2v) is 4.97. The third kappa shape index (κ3) is 2.11. The molecule has 0 saturated heterocycles. The summed E-state index contributed by atoms with van der Waals surface area (Å²) in [7, 11) is 0. The van der Waals surface area contributed by atoms with Crippen molar-refractivity contribution in [3.63, 3.8) is 0 Å². The van der Waals surface area contributed by atoms with Gasteiger partial charge < -0.3 is 9.47 Å². The molecule has 0 amide bonds. The molecule has 114 valence electrons. The second kappa shape index (κ2) is 4.76. The van der Waals surface area contributed by atoms with Crippen LogP contribution < -0.4 is 4.74 Å². The van der Waals surface area contributed by atoms with Crippen LogP contribution in [0.4, 0.5) is 13.2 Å². The molecule has 1 aliphatic rings. The van der Waals surface area contributed by atoms with Crippen molar-refractivity contribution in [1.82, 2.24) is 0 Å². The fourth-order valence-electron chi connectivity index (χ4n) is 2.31. The molecule has 0 N–H and O–H groups in total. The second-order valence-electron chi connectivity index (χ2n) is 4.97. The Labute approximate surface area is 124 Å². The molecule has 3 nitrogen and oxygen atoms in total. The number of benzene rings is 2. The first kappa shape index (κ1) is 14.4. The predicted octanol–water partition coefficient (Wildman–Crippen LogP) is 3.96. The number of cyclic esters (lactones) is 1. The molecule has 0 spiro atoms. The molecular formula is C16H11F3O3. The quantitative estimate of drug-likeness (QED) is 0.748. The molecule has 3 rings (SSSR count). The molecule has 1 aliphatic heterocycles. The van der Waals surface area contributed by atoms with Crippen LogP contribution in [0.2, 0.25) is 0 Å². The van der Waals surface area contributed by atoms with Crippen molar-refractivity contribution in [3.05, 3.63) is 65.2 Å². The van der Waals surface area contributed by atoms with Gasteiger partial charge in [-0.1, -0.05) is 42.0 Å². The summed E-state index contributed by atoms with van der Waals surface area (Å²) in [6.45, 7) is 1.72. The maximum absolute atomic E-state index is 13.6. The summed E-state index contributed by atoms with van der Waals surface area (Å²) < 4.78 is 50.7. The van der Waals surface area contributed by atoms with E-state index in [0.717, 1.165) is 5.56 Å². The Hall–Kier alpha value is -2.50. The standard InChI is InChI=1S/C16H11F3O3/c1-10-7-8-13-12(9-10)14(20)22-15(21-13,16(17,18)19)11-5-3-2-4-6-11/h2-9H,1H3/t15-/m0/s1. The Balaban J connectivity index is 2.18. The van der Waals surface area contributed by atoms with Crippen molar-refractivity contribution in [2.75, 3.05) is 0 Å². The number of carbonyl (C=O) groups excluding carboxylic acids is 1. The molecule has 0 bridgehead atoms. The summed E-state index contributed by atoms with van der Waals surface area (Å²) in [5, 5.41) is 0. The van der Waals surface area contributed by atoms with Crippen molar-refractivity contribution in [2.24, 2.45) is 0 Å². The van der Waals surface area contributed by atoms with Gasteiger partial charge in [0.25, 0.3) is 0 Å². The van der Waals surface area contributed by atoms with E-state index in [1.54, 1.807) is 19.1 Å². The van der Waals surface area contributed by atoms with Crippen LogP contribution in [0.25, 0.3) is 0 Å². The highest BCUT2D eigenvalue weighted by Crippen LogP contribution is 2.47. The molecule has 1 atom stereocenters. The minimum atomic E-state index is -4.92. The molecule has 22 heavy (non-hydrogen) atoms. The molecule has 0 saturated carbocycles.